The fourth-order valence-corrected chi connectivity index (χ4v) is 2.95. The van der Waals surface area contributed by atoms with Gasteiger partial charge in [-0.05, 0) is 50.6 Å². The van der Waals surface area contributed by atoms with Gasteiger partial charge in [0, 0.05) is 18.0 Å². The summed E-state index contributed by atoms with van der Waals surface area (Å²) in [4.78, 5) is 2.38. The van der Waals surface area contributed by atoms with Crippen molar-refractivity contribution in [2.75, 3.05) is 20.1 Å². The second kappa shape index (κ2) is 4.37. The van der Waals surface area contributed by atoms with E-state index in [1.54, 1.807) is 0 Å². The number of hydrogen-bond acceptors (Lipinski definition) is 4. The smallest absolute Gasteiger partial charge is 0.167 e. The Morgan fingerprint density at radius 3 is 3.06 bits per heavy atom. The maximum atomic E-state index is 5.78. The van der Waals surface area contributed by atoms with Crippen LogP contribution >= 0.6 is 0 Å². The number of aromatic nitrogens is 1. The normalized spacial score (nSPS) is 25.1. The number of rotatable bonds is 2. The monoisotopic (exact) mass is 245 g/mol. The zero-order valence-corrected chi connectivity index (χ0v) is 10.9. The number of nitrogens with zero attached hydrogens (tertiary/aromatic N) is 2. The van der Waals surface area contributed by atoms with Gasteiger partial charge in [0.15, 0.2) is 5.58 Å². The van der Waals surface area contributed by atoms with Gasteiger partial charge < -0.3 is 10.3 Å². The van der Waals surface area contributed by atoms with Crippen LogP contribution in [-0.4, -0.2) is 30.2 Å². The third-order valence-corrected chi connectivity index (χ3v) is 4.03. The van der Waals surface area contributed by atoms with Crippen molar-refractivity contribution in [1.29, 1.82) is 0 Å². The van der Waals surface area contributed by atoms with Crippen LogP contribution in [0.1, 0.15) is 23.7 Å². The Balaban J connectivity index is 1.94. The molecule has 2 aromatic rings. The van der Waals surface area contributed by atoms with Crippen molar-refractivity contribution in [3.63, 3.8) is 0 Å². The minimum Gasteiger partial charge on any atom is -0.356 e. The zero-order chi connectivity index (χ0) is 12.7. The molecule has 18 heavy (non-hydrogen) atoms. The fourth-order valence-electron chi connectivity index (χ4n) is 2.95. The summed E-state index contributed by atoms with van der Waals surface area (Å²) < 4.78 is 5.34. The number of fused-ring (bicyclic) bond motifs is 1. The molecule has 1 aromatic carbocycles. The van der Waals surface area contributed by atoms with Crippen molar-refractivity contribution >= 4 is 11.0 Å². The van der Waals surface area contributed by atoms with Crippen LogP contribution in [0.4, 0.5) is 0 Å². The lowest BCUT2D eigenvalue weighted by Crippen LogP contribution is -2.20. The van der Waals surface area contributed by atoms with E-state index in [0.717, 1.165) is 36.2 Å². The molecular weight excluding hydrogens is 226 g/mol. The van der Waals surface area contributed by atoms with Crippen LogP contribution in [0.5, 0.6) is 0 Å². The summed E-state index contributed by atoms with van der Waals surface area (Å²) in [6.45, 7) is 3.82. The quantitative estimate of drug-likeness (QED) is 0.880. The molecule has 0 saturated carbocycles. The molecule has 1 aromatic heterocycles. The molecule has 2 atom stereocenters. The number of nitrogens with two attached hydrogens (primary N) is 1. The van der Waals surface area contributed by atoms with E-state index in [1.165, 1.54) is 5.56 Å². The second-order valence-electron chi connectivity index (χ2n) is 5.32. The predicted octanol–water partition coefficient (Wildman–Crippen LogP) is 2.09. The second-order valence-corrected chi connectivity index (χ2v) is 5.32. The van der Waals surface area contributed by atoms with E-state index in [4.69, 9.17) is 10.3 Å². The van der Waals surface area contributed by atoms with Crippen LogP contribution in [0.2, 0.25) is 0 Å². The third-order valence-electron chi connectivity index (χ3n) is 4.03. The highest BCUT2D eigenvalue weighted by atomic mass is 16.5. The first-order valence-corrected chi connectivity index (χ1v) is 6.45. The number of hydrogen-bond donors (Lipinski definition) is 1. The Labute approximate surface area is 107 Å². The van der Waals surface area contributed by atoms with E-state index in [1.807, 2.05) is 6.92 Å². The van der Waals surface area contributed by atoms with Crippen LogP contribution in [-0.2, 0) is 0 Å². The van der Waals surface area contributed by atoms with Crippen molar-refractivity contribution in [1.82, 2.24) is 10.1 Å². The molecule has 0 bridgehead atoms. The van der Waals surface area contributed by atoms with E-state index in [2.05, 4.69) is 35.3 Å². The molecular formula is C14H19N3O. The van der Waals surface area contributed by atoms with E-state index >= 15 is 0 Å². The standard InChI is InChI=1S/C14H19N3O/c1-9-12-4-3-11(6-14(12)18-16-9)13-5-10(7-15)8-17(13)2/h3-4,6,10,13H,5,7-8,15H2,1-2H3. The van der Waals surface area contributed by atoms with Crippen LogP contribution in [0.25, 0.3) is 11.0 Å². The average molecular weight is 245 g/mol. The summed E-state index contributed by atoms with van der Waals surface area (Å²) in [6.07, 6.45) is 1.13. The Kier molecular flexibility index (Phi) is 2.84. The molecule has 2 unspecified atom stereocenters. The van der Waals surface area contributed by atoms with E-state index in [-0.39, 0.29) is 0 Å². The van der Waals surface area contributed by atoms with Crippen LogP contribution in [0.3, 0.4) is 0 Å². The van der Waals surface area contributed by atoms with Crippen molar-refractivity contribution < 1.29 is 4.52 Å². The van der Waals surface area contributed by atoms with Crippen molar-refractivity contribution in [2.45, 2.75) is 19.4 Å². The molecule has 2 N–H and O–H groups in total. The molecule has 1 fully saturated rings. The maximum absolute atomic E-state index is 5.78. The molecule has 3 rings (SSSR count). The highest BCUT2D eigenvalue weighted by Crippen LogP contribution is 2.35. The molecule has 96 valence electrons. The lowest BCUT2D eigenvalue weighted by Gasteiger charge is -2.19. The summed E-state index contributed by atoms with van der Waals surface area (Å²) >= 11 is 0. The molecule has 1 aliphatic rings. The molecule has 1 aliphatic heterocycles. The summed E-state index contributed by atoms with van der Waals surface area (Å²) in [5, 5.41) is 5.11. The van der Waals surface area contributed by atoms with Crippen LogP contribution < -0.4 is 5.73 Å². The predicted molar refractivity (Wildman–Crippen MR) is 71.3 cm³/mol. The summed E-state index contributed by atoms with van der Waals surface area (Å²) in [5.41, 5.74) is 8.92. The Hall–Kier alpha value is -1.39. The average Bonchev–Trinajstić information content (AvgIpc) is 2.93. The van der Waals surface area contributed by atoms with Crippen molar-refractivity contribution in [2.24, 2.45) is 11.7 Å². The zero-order valence-electron chi connectivity index (χ0n) is 10.9. The minimum absolute atomic E-state index is 0.452. The maximum Gasteiger partial charge on any atom is 0.167 e. The van der Waals surface area contributed by atoms with Gasteiger partial charge in [-0.25, -0.2) is 0 Å². The van der Waals surface area contributed by atoms with Gasteiger partial charge in [0.1, 0.15) is 0 Å². The SMILES string of the molecule is Cc1noc2cc(C3CC(CN)CN3C)ccc12. The highest BCUT2D eigenvalue weighted by Gasteiger charge is 2.29. The topological polar surface area (TPSA) is 55.3 Å². The van der Waals surface area contributed by atoms with Gasteiger partial charge in [0.05, 0.1) is 5.69 Å². The summed E-state index contributed by atoms with van der Waals surface area (Å²) in [5.74, 6) is 0.604. The van der Waals surface area contributed by atoms with E-state index in [9.17, 15) is 0 Å². The number of benzene rings is 1. The Morgan fingerprint density at radius 2 is 2.33 bits per heavy atom. The number of likely N-dealkylation sites (tertiary alicyclic amines) is 1. The Morgan fingerprint density at radius 1 is 1.50 bits per heavy atom. The highest BCUT2D eigenvalue weighted by molar-refractivity contribution is 5.79. The lowest BCUT2D eigenvalue weighted by molar-refractivity contribution is 0.313. The molecule has 0 aliphatic carbocycles. The first kappa shape index (κ1) is 11.7. The lowest BCUT2D eigenvalue weighted by atomic mass is 9.99. The van der Waals surface area contributed by atoms with E-state index in [0.29, 0.717) is 12.0 Å². The van der Waals surface area contributed by atoms with Crippen molar-refractivity contribution in [3.8, 4) is 0 Å². The largest absolute Gasteiger partial charge is 0.356 e. The Bertz CT molecular complexity index is 563. The van der Waals surface area contributed by atoms with E-state index < -0.39 is 0 Å². The van der Waals surface area contributed by atoms with Gasteiger partial charge in [-0.2, -0.15) is 0 Å². The molecule has 0 spiro atoms. The molecule has 1 saturated heterocycles. The van der Waals surface area contributed by atoms with Gasteiger partial charge >= 0.3 is 0 Å². The first-order chi connectivity index (χ1) is 8.69. The van der Waals surface area contributed by atoms with Crippen LogP contribution in [0, 0.1) is 12.8 Å². The van der Waals surface area contributed by atoms with Gasteiger partial charge in [0.25, 0.3) is 0 Å². The van der Waals surface area contributed by atoms with Crippen LogP contribution in [0.15, 0.2) is 22.7 Å². The fraction of sp³-hybridized carbons (Fsp3) is 0.500. The van der Waals surface area contributed by atoms with Gasteiger partial charge in [-0.1, -0.05) is 11.2 Å². The molecule has 2 heterocycles. The molecule has 0 amide bonds. The summed E-state index contributed by atoms with van der Waals surface area (Å²) in [6, 6.07) is 6.87. The molecule has 4 nitrogen and oxygen atoms in total. The van der Waals surface area contributed by atoms with Gasteiger partial charge in [0.2, 0.25) is 0 Å². The van der Waals surface area contributed by atoms with Gasteiger partial charge in [-0.3, -0.25) is 4.90 Å². The number of aryl methyl sites for hydroxylation is 1. The molecule has 0 radical (unpaired) electrons. The third kappa shape index (κ3) is 1.82. The van der Waals surface area contributed by atoms with Gasteiger partial charge in [-0.15, -0.1) is 0 Å². The first-order valence-electron chi connectivity index (χ1n) is 6.45. The summed E-state index contributed by atoms with van der Waals surface area (Å²) in [7, 11) is 2.16. The minimum atomic E-state index is 0.452. The molecule has 4 heteroatoms. The van der Waals surface area contributed by atoms with Crippen molar-refractivity contribution in [3.05, 3.63) is 29.5 Å².